The van der Waals surface area contributed by atoms with Crippen LogP contribution in [0.15, 0.2) is 60.8 Å². The van der Waals surface area contributed by atoms with E-state index in [1.165, 1.54) is 22.1 Å². The first-order valence-corrected chi connectivity index (χ1v) is 6.22. The van der Waals surface area contributed by atoms with E-state index in [0.717, 1.165) is 11.9 Å². The van der Waals surface area contributed by atoms with Gasteiger partial charge in [0.2, 0.25) is 0 Å². The molecule has 0 aliphatic carbocycles. The lowest BCUT2D eigenvalue weighted by Crippen LogP contribution is -1.92. The molecule has 1 aromatic heterocycles. The summed E-state index contributed by atoms with van der Waals surface area (Å²) in [4.78, 5) is 4.54. The van der Waals surface area contributed by atoms with E-state index in [4.69, 9.17) is 0 Å². The fraction of sp³-hybridized carbons (Fsp3) is 0.118. The molecule has 0 aliphatic rings. The van der Waals surface area contributed by atoms with Crippen LogP contribution >= 0.6 is 0 Å². The van der Waals surface area contributed by atoms with Crippen LogP contribution in [0.2, 0.25) is 0 Å². The molecule has 0 saturated carbocycles. The Kier molecular flexibility index (Phi) is 2.81. The van der Waals surface area contributed by atoms with Gasteiger partial charge in [-0.2, -0.15) is 0 Å². The highest BCUT2D eigenvalue weighted by molar-refractivity contribution is 5.84. The number of pyridine rings is 1. The predicted octanol–water partition coefficient (Wildman–Crippen LogP) is 4.13. The number of nitrogens with zero attached hydrogens (tertiary/aromatic N) is 1. The Hall–Kier alpha value is -2.15. The van der Waals surface area contributed by atoms with Crippen molar-refractivity contribution in [1.82, 2.24) is 4.98 Å². The van der Waals surface area contributed by atoms with Crippen LogP contribution in [0.3, 0.4) is 0 Å². The van der Waals surface area contributed by atoms with Crippen molar-refractivity contribution < 1.29 is 0 Å². The van der Waals surface area contributed by atoms with Crippen molar-refractivity contribution in [2.75, 3.05) is 0 Å². The molecule has 88 valence electrons. The molecule has 0 saturated heterocycles. The van der Waals surface area contributed by atoms with E-state index < -0.39 is 0 Å². The Morgan fingerprint density at radius 3 is 2.56 bits per heavy atom. The SMILES string of the molecule is Cc1ccnc2c(Cc3ccccc3)cccc12. The summed E-state index contributed by atoms with van der Waals surface area (Å²) in [5.74, 6) is 0. The molecule has 18 heavy (non-hydrogen) atoms. The number of hydrogen-bond donors (Lipinski definition) is 0. The molecule has 1 nitrogen and oxygen atoms in total. The van der Waals surface area contributed by atoms with Gasteiger partial charge in [-0.25, -0.2) is 0 Å². The Balaban J connectivity index is 2.10. The van der Waals surface area contributed by atoms with Gasteiger partial charge in [0, 0.05) is 11.6 Å². The minimum atomic E-state index is 0.939. The zero-order valence-electron chi connectivity index (χ0n) is 10.4. The highest BCUT2D eigenvalue weighted by Gasteiger charge is 2.04. The smallest absolute Gasteiger partial charge is 0.0739 e. The van der Waals surface area contributed by atoms with Crippen LogP contribution in [-0.4, -0.2) is 4.98 Å². The van der Waals surface area contributed by atoms with Crippen molar-refractivity contribution in [3.8, 4) is 0 Å². The third-order valence-corrected chi connectivity index (χ3v) is 3.31. The molecule has 2 aromatic carbocycles. The van der Waals surface area contributed by atoms with E-state index in [9.17, 15) is 0 Å². The number of para-hydroxylation sites is 1. The van der Waals surface area contributed by atoms with Crippen molar-refractivity contribution in [2.45, 2.75) is 13.3 Å². The maximum absolute atomic E-state index is 4.54. The third kappa shape index (κ3) is 2.00. The average molecular weight is 233 g/mol. The first-order chi connectivity index (χ1) is 8.84. The first kappa shape index (κ1) is 11.0. The summed E-state index contributed by atoms with van der Waals surface area (Å²) in [6.07, 6.45) is 2.83. The summed E-state index contributed by atoms with van der Waals surface area (Å²) in [6.45, 7) is 2.14. The lowest BCUT2D eigenvalue weighted by atomic mass is 10.0. The molecule has 0 amide bonds. The van der Waals surface area contributed by atoms with Gasteiger partial charge in [0.25, 0.3) is 0 Å². The van der Waals surface area contributed by atoms with Crippen molar-refractivity contribution in [1.29, 1.82) is 0 Å². The highest BCUT2D eigenvalue weighted by Crippen LogP contribution is 2.21. The maximum Gasteiger partial charge on any atom is 0.0739 e. The van der Waals surface area contributed by atoms with Crippen molar-refractivity contribution in [3.05, 3.63) is 77.5 Å². The van der Waals surface area contributed by atoms with Crippen LogP contribution in [0, 0.1) is 6.92 Å². The predicted molar refractivity (Wildman–Crippen MR) is 75.7 cm³/mol. The van der Waals surface area contributed by atoms with Gasteiger partial charge in [-0.3, -0.25) is 4.98 Å². The van der Waals surface area contributed by atoms with E-state index in [2.05, 4.69) is 66.5 Å². The lowest BCUT2D eigenvalue weighted by molar-refractivity contribution is 1.19. The normalized spacial score (nSPS) is 10.7. The van der Waals surface area contributed by atoms with Crippen molar-refractivity contribution >= 4 is 10.9 Å². The fourth-order valence-electron chi connectivity index (χ4n) is 2.33. The Morgan fingerprint density at radius 1 is 0.889 bits per heavy atom. The topological polar surface area (TPSA) is 12.9 Å². The monoisotopic (exact) mass is 233 g/mol. The Bertz CT molecular complexity index is 672. The van der Waals surface area contributed by atoms with Crippen LogP contribution in [-0.2, 0) is 6.42 Å². The van der Waals surface area contributed by atoms with E-state index >= 15 is 0 Å². The molecule has 0 unspecified atom stereocenters. The van der Waals surface area contributed by atoms with Crippen LogP contribution < -0.4 is 0 Å². The summed E-state index contributed by atoms with van der Waals surface area (Å²) in [6, 6.07) is 19.0. The van der Waals surface area contributed by atoms with Crippen molar-refractivity contribution in [3.63, 3.8) is 0 Å². The molecular formula is C17H15N. The van der Waals surface area contributed by atoms with Gasteiger partial charge in [0.05, 0.1) is 5.52 Å². The van der Waals surface area contributed by atoms with Gasteiger partial charge < -0.3 is 0 Å². The Labute approximate surface area is 107 Å². The fourth-order valence-corrected chi connectivity index (χ4v) is 2.33. The van der Waals surface area contributed by atoms with Gasteiger partial charge in [0.15, 0.2) is 0 Å². The van der Waals surface area contributed by atoms with Gasteiger partial charge >= 0.3 is 0 Å². The number of hydrogen-bond acceptors (Lipinski definition) is 1. The zero-order chi connectivity index (χ0) is 12.4. The van der Waals surface area contributed by atoms with Crippen LogP contribution in [0.4, 0.5) is 0 Å². The second kappa shape index (κ2) is 4.61. The molecule has 1 heteroatoms. The number of aromatic nitrogens is 1. The largest absolute Gasteiger partial charge is 0.256 e. The van der Waals surface area contributed by atoms with Gasteiger partial charge in [0.1, 0.15) is 0 Å². The third-order valence-electron chi connectivity index (χ3n) is 3.31. The van der Waals surface area contributed by atoms with Crippen LogP contribution in [0.5, 0.6) is 0 Å². The second-order valence-electron chi connectivity index (χ2n) is 4.60. The minimum Gasteiger partial charge on any atom is -0.256 e. The molecule has 0 atom stereocenters. The summed E-state index contributed by atoms with van der Waals surface area (Å²) in [5.41, 5.74) is 5.03. The van der Waals surface area contributed by atoms with E-state index in [1.54, 1.807) is 0 Å². The van der Waals surface area contributed by atoms with Crippen molar-refractivity contribution in [2.24, 2.45) is 0 Å². The quantitative estimate of drug-likeness (QED) is 0.648. The molecule has 0 bridgehead atoms. The summed E-state index contributed by atoms with van der Waals surface area (Å²) < 4.78 is 0. The van der Waals surface area contributed by atoms with Crippen LogP contribution in [0.1, 0.15) is 16.7 Å². The molecular weight excluding hydrogens is 218 g/mol. The van der Waals surface area contributed by atoms with Crippen LogP contribution in [0.25, 0.3) is 10.9 Å². The second-order valence-corrected chi connectivity index (χ2v) is 4.60. The summed E-state index contributed by atoms with van der Waals surface area (Å²) in [5, 5.41) is 1.26. The molecule has 0 aliphatic heterocycles. The molecule has 0 radical (unpaired) electrons. The van der Waals surface area contributed by atoms with E-state index in [-0.39, 0.29) is 0 Å². The molecule has 1 heterocycles. The number of fused-ring (bicyclic) bond motifs is 1. The lowest BCUT2D eigenvalue weighted by Gasteiger charge is -2.07. The van der Waals surface area contributed by atoms with E-state index in [0.29, 0.717) is 0 Å². The summed E-state index contributed by atoms with van der Waals surface area (Å²) >= 11 is 0. The van der Waals surface area contributed by atoms with Gasteiger partial charge in [-0.1, -0.05) is 48.5 Å². The van der Waals surface area contributed by atoms with Gasteiger partial charge in [-0.05, 0) is 36.1 Å². The first-order valence-electron chi connectivity index (χ1n) is 6.22. The summed E-state index contributed by atoms with van der Waals surface area (Å²) in [7, 11) is 0. The average Bonchev–Trinajstić information content (AvgIpc) is 2.41. The zero-order valence-corrected chi connectivity index (χ0v) is 10.4. The molecule has 0 fully saturated rings. The molecule has 0 spiro atoms. The highest BCUT2D eigenvalue weighted by atomic mass is 14.7. The Morgan fingerprint density at radius 2 is 1.72 bits per heavy atom. The number of rotatable bonds is 2. The molecule has 3 aromatic rings. The minimum absolute atomic E-state index is 0.939. The maximum atomic E-state index is 4.54. The standard InChI is InChI=1S/C17H15N/c1-13-10-11-18-17-15(8-5-9-16(13)17)12-14-6-3-2-4-7-14/h2-11H,12H2,1H3. The molecule has 0 N–H and O–H groups in total. The van der Waals surface area contributed by atoms with Gasteiger partial charge in [-0.15, -0.1) is 0 Å². The molecule has 3 rings (SSSR count). The van der Waals surface area contributed by atoms with E-state index in [1.807, 2.05) is 6.20 Å². The number of benzene rings is 2. The number of aryl methyl sites for hydroxylation is 1.